The highest BCUT2D eigenvalue weighted by Gasteiger charge is 2.33. The number of rotatable bonds is 5. The Morgan fingerprint density at radius 2 is 1.67 bits per heavy atom. The van der Waals surface area contributed by atoms with E-state index >= 15 is 0 Å². The third-order valence-electron chi connectivity index (χ3n) is 3.35. The van der Waals surface area contributed by atoms with E-state index in [-0.39, 0.29) is 0 Å². The molecule has 0 rings (SSSR count). The molecule has 1 atom stereocenters. The minimum absolute atomic E-state index is 0.314. The fourth-order valence-corrected chi connectivity index (χ4v) is 2.15. The van der Waals surface area contributed by atoms with Crippen LogP contribution < -0.4 is 5.32 Å². The van der Waals surface area contributed by atoms with Crippen molar-refractivity contribution >= 4 is 0 Å². The van der Waals surface area contributed by atoms with Crippen LogP contribution in [0.1, 0.15) is 33.6 Å². The normalized spacial score (nSPS) is 15.2. The summed E-state index contributed by atoms with van der Waals surface area (Å²) in [5.41, 5.74) is 0.314. The molecule has 0 fully saturated rings. The van der Waals surface area contributed by atoms with Gasteiger partial charge in [-0.25, -0.2) is 0 Å². The Hall–Kier alpha value is -0.0800. The van der Waals surface area contributed by atoms with Crippen LogP contribution in [0.15, 0.2) is 0 Å². The van der Waals surface area contributed by atoms with E-state index in [1.807, 2.05) is 7.05 Å². The Bertz CT molecular complexity index is 117. The van der Waals surface area contributed by atoms with E-state index in [9.17, 15) is 0 Å². The molecule has 1 N–H and O–H groups in total. The maximum absolute atomic E-state index is 3.35. The van der Waals surface area contributed by atoms with E-state index in [0.717, 1.165) is 0 Å². The number of nitrogens with one attached hydrogen (secondary N) is 1. The van der Waals surface area contributed by atoms with Crippen LogP contribution in [0.3, 0.4) is 0 Å². The van der Waals surface area contributed by atoms with Gasteiger partial charge in [-0.1, -0.05) is 13.8 Å². The lowest BCUT2D eigenvalue weighted by Gasteiger charge is -2.43. The second kappa shape index (κ2) is 4.83. The van der Waals surface area contributed by atoms with Crippen molar-refractivity contribution in [2.45, 2.75) is 45.2 Å². The van der Waals surface area contributed by atoms with E-state index < -0.39 is 0 Å². The van der Waals surface area contributed by atoms with Crippen molar-refractivity contribution < 1.29 is 0 Å². The minimum atomic E-state index is 0.314. The van der Waals surface area contributed by atoms with Gasteiger partial charge in [0.05, 0.1) is 0 Å². The zero-order chi connectivity index (χ0) is 9.78. The van der Waals surface area contributed by atoms with Crippen LogP contribution in [0, 0.1) is 0 Å². The molecule has 0 saturated carbocycles. The predicted octanol–water partition coefficient (Wildman–Crippen LogP) is 1.71. The molecule has 74 valence electrons. The van der Waals surface area contributed by atoms with Gasteiger partial charge in [0, 0.05) is 11.6 Å². The lowest BCUT2D eigenvalue weighted by molar-refractivity contribution is 0.0996. The van der Waals surface area contributed by atoms with Gasteiger partial charge in [0.1, 0.15) is 0 Å². The summed E-state index contributed by atoms with van der Waals surface area (Å²) in [7, 11) is 6.37. The van der Waals surface area contributed by atoms with Crippen molar-refractivity contribution in [1.29, 1.82) is 0 Å². The molecule has 0 bridgehead atoms. The summed E-state index contributed by atoms with van der Waals surface area (Å²) in [6, 6.07) is 0.544. The Morgan fingerprint density at radius 3 is 1.75 bits per heavy atom. The number of nitrogens with zero attached hydrogens (tertiary/aromatic N) is 1. The molecule has 1 unspecified atom stereocenters. The topological polar surface area (TPSA) is 15.3 Å². The van der Waals surface area contributed by atoms with Crippen molar-refractivity contribution in [2.24, 2.45) is 0 Å². The molecule has 0 radical (unpaired) electrons. The lowest BCUT2D eigenvalue weighted by Crippen LogP contribution is -2.56. The molecule has 0 aliphatic carbocycles. The number of hydrogen-bond donors (Lipinski definition) is 1. The molecule has 0 aliphatic heterocycles. The second-order valence-corrected chi connectivity index (χ2v) is 3.72. The molecule has 0 aromatic rings. The van der Waals surface area contributed by atoms with E-state index in [2.05, 4.69) is 45.1 Å². The third kappa shape index (κ3) is 1.99. The molecule has 0 spiro atoms. The second-order valence-electron chi connectivity index (χ2n) is 3.72. The zero-order valence-corrected chi connectivity index (χ0v) is 9.44. The van der Waals surface area contributed by atoms with Crippen molar-refractivity contribution in [3.63, 3.8) is 0 Å². The van der Waals surface area contributed by atoms with Crippen LogP contribution in [0.25, 0.3) is 0 Å². The van der Waals surface area contributed by atoms with E-state index in [1.165, 1.54) is 12.8 Å². The Balaban J connectivity index is 4.56. The summed E-state index contributed by atoms with van der Waals surface area (Å²) in [4.78, 5) is 2.34. The Labute approximate surface area is 77.3 Å². The molecule has 0 saturated heterocycles. The van der Waals surface area contributed by atoms with Gasteiger partial charge in [0.25, 0.3) is 0 Å². The summed E-state index contributed by atoms with van der Waals surface area (Å²) in [5, 5.41) is 3.35. The van der Waals surface area contributed by atoms with Crippen molar-refractivity contribution in [2.75, 3.05) is 21.1 Å². The van der Waals surface area contributed by atoms with Gasteiger partial charge in [-0.2, -0.15) is 0 Å². The first kappa shape index (κ1) is 11.9. The van der Waals surface area contributed by atoms with Gasteiger partial charge in [-0.3, -0.25) is 0 Å². The molecule has 2 heteroatoms. The van der Waals surface area contributed by atoms with Crippen LogP contribution in [0.5, 0.6) is 0 Å². The van der Waals surface area contributed by atoms with Crippen molar-refractivity contribution in [1.82, 2.24) is 10.2 Å². The van der Waals surface area contributed by atoms with Crippen LogP contribution in [0.2, 0.25) is 0 Å². The van der Waals surface area contributed by atoms with Crippen LogP contribution in [0.4, 0.5) is 0 Å². The summed E-state index contributed by atoms with van der Waals surface area (Å²) < 4.78 is 0. The van der Waals surface area contributed by atoms with Crippen LogP contribution in [-0.4, -0.2) is 37.6 Å². The molecule has 0 aromatic carbocycles. The average molecular weight is 172 g/mol. The fraction of sp³-hybridized carbons (Fsp3) is 1.00. The van der Waals surface area contributed by atoms with E-state index in [1.54, 1.807) is 0 Å². The van der Waals surface area contributed by atoms with Gasteiger partial charge in [0.2, 0.25) is 0 Å². The van der Waals surface area contributed by atoms with Crippen molar-refractivity contribution in [3.8, 4) is 0 Å². The molecular weight excluding hydrogens is 148 g/mol. The zero-order valence-electron chi connectivity index (χ0n) is 9.44. The summed E-state index contributed by atoms with van der Waals surface area (Å²) >= 11 is 0. The molecule has 0 aliphatic rings. The molecule has 12 heavy (non-hydrogen) atoms. The highest BCUT2D eigenvalue weighted by molar-refractivity contribution is 4.93. The van der Waals surface area contributed by atoms with E-state index in [4.69, 9.17) is 0 Å². The third-order valence-corrected chi connectivity index (χ3v) is 3.35. The first-order valence-corrected chi connectivity index (χ1v) is 4.89. The van der Waals surface area contributed by atoms with Gasteiger partial charge >= 0.3 is 0 Å². The summed E-state index contributed by atoms with van der Waals surface area (Å²) in [6.45, 7) is 6.78. The van der Waals surface area contributed by atoms with Gasteiger partial charge in [-0.15, -0.1) is 0 Å². The lowest BCUT2D eigenvalue weighted by atomic mass is 9.84. The molecular formula is C10H24N2. The Kier molecular flexibility index (Phi) is 4.80. The van der Waals surface area contributed by atoms with Gasteiger partial charge in [-0.05, 0) is 40.9 Å². The molecule has 2 nitrogen and oxygen atoms in total. The van der Waals surface area contributed by atoms with Gasteiger partial charge < -0.3 is 10.2 Å². The smallest absolute Gasteiger partial charge is 0.0348 e. The first-order chi connectivity index (χ1) is 5.55. The number of likely N-dealkylation sites (N-methyl/N-ethyl adjacent to an activating group) is 2. The van der Waals surface area contributed by atoms with Crippen molar-refractivity contribution in [3.05, 3.63) is 0 Å². The van der Waals surface area contributed by atoms with Crippen LogP contribution >= 0.6 is 0 Å². The van der Waals surface area contributed by atoms with Crippen LogP contribution in [-0.2, 0) is 0 Å². The minimum Gasteiger partial charge on any atom is -0.315 e. The van der Waals surface area contributed by atoms with E-state index in [0.29, 0.717) is 11.6 Å². The quantitative estimate of drug-likeness (QED) is 0.679. The number of hydrogen-bond acceptors (Lipinski definition) is 2. The first-order valence-electron chi connectivity index (χ1n) is 4.89. The highest BCUT2D eigenvalue weighted by atomic mass is 15.2. The maximum atomic E-state index is 3.35. The Morgan fingerprint density at radius 1 is 1.25 bits per heavy atom. The molecule has 0 heterocycles. The average Bonchev–Trinajstić information content (AvgIpc) is 2.06. The van der Waals surface area contributed by atoms with Gasteiger partial charge in [0.15, 0.2) is 0 Å². The highest BCUT2D eigenvalue weighted by Crippen LogP contribution is 2.25. The summed E-state index contributed by atoms with van der Waals surface area (Å²) in [5.74, 6) is 0. The predicted molar refractivity (Wildman–Crippen MR) is 55.5 cm³/mol. The largest absolute Gasteiger partial charge is 0.315 e. The summed E-state index contributed by atoms with van der Waals surface area (Å²) in [6.07, 6.45) is 2.39. The molecule has 0 amide bonds. The SMILES string of the molecule is CCC(CC)(C(C)NC)N(C)C. The fourth-order valence-electron chi connectivity index (χ4n) is 2.15. The monoisotopic (exact) mass is 172 g/mol. The molecule has 0 aromatic heterocycles. The standard InChI is InChI=1S/C10H24N2/c1-7-10(8-2,12(5)6)9(3)11-4/h9,11H,7-8H2,1-6H3. The maximum Gasteiger partial charge on any atom is 0.0348 e.